The van der Waals surface area contributed by atoms with Crippen LogP contribution in [0.1, 0.15) is 34.1 Å². The molecule has 2 nitrogen and oxygen atoms in total. The molecule has 0 aliphatic heterocycles. The van der Waals surface area contributed by atoms with Crippen LogP contribution in [0.3, 0.4) is 0 Å². The average Bonchev–Trinajstić information content (AvgIpc) is 2.95. The van der Waals surface area contributed by atoms with Crippen LogP contribution in [-0.2, 0) is 32.7 Å². The molecule has 1 aromatic carbocycles. The van der Waals surface area contributed by atoms with E-state index in [1.165, 1.54) is 6.42 Å². The van der Waals surface area contributed by atoms with Crippen molar-refractivity contribution in [3.63, 3.8) is 0 Å². The molecular formula is C19H27N2Y-. The second-order valence-electron chi connectivity index (χ2n) is 4.17. The Labute approximate surface area is 160 Å². The van der Waals surface area contributed by atoms with Crippen molar-refractivity contribution < 1.29 is 32.7 Å². The summed E-state index contributed by atoms with van der Waals surface area (Å²) < 4.78 is 2.03. The second-order valence-corrected chi connectivity index (χ2v) is 4.17. The number of rotatable bonds is 1. The van der Waals surface area contributed by atoms with Gasteiger partial charge >= 0.3 is 0 Å². The van der Waals surface area contributed by atoms with E-state index in [0.29, 0.717) is 0 Å². The van der Waals surface area contributed by atoms with Crippen LogP contribution < -0.4 is 0 Å². The van der Waals surface area contributed by atoms with Gasteiger partial charge in [0.15, 0.2) is 0 Å². The number of hydrogen-bond donors (Lipinski definition) is 0. The molecule has 1 radical (unpaired) electrons. The monoisotopic (exact) mass is 372 g/mol. The zero-order chi connectivity index (χ0) is 14.8. The number of fused-ring (bicyclic) bond motifs is 1. The molecule has 0 fully saturated rings. The molecule has 0 aliphatic carbocycles. The number of hydrogen-bond acceptors (Lipinski definition) is 1. The average molecular weight is 372 g/mol. The van der Waals surface area contributed by atoms with E-state index in [4.69, 9.17) is 0 Å². The van der Waals surface area contributed by atoms with Crippen LogP contribution in [0.2, 0.25) is 0 Å². The van der Waals surface area contributed by atoms with Gasteiger partial charge < -0.3 is 11.8 Å². The van der Waals surface area contributed by atoms with Crippen molar-refractivity contribution in [2.24, 2.45) is 0 Å². The molecule has 0 unspecified atom stereocenters. The SMILES string of the molecule is CC.CCC.[CH3-].[Y].c1ccc(-c2cn3ccccc3n2)cc1. The van der Waals surface area contributed by atoms with Crippen LogP contribution in [0, 0.1) is 7.43 Å². The maximum absolute atomic E-state index is 4.55. The first-order chi connectivity index (χ1) is 9.85. The topological polar surface area (TPSA) is 17.3 Å². The normalized spacial score (nSPS) is 8.36. The zero-order valence-corrected chi connectivity index (χ0v) is 17.3. The number of pyridine rings is 1. The van der Waals surface area contributed by atoms with Gasteiger partial charge in [0.1, 0.15) is 5.65 Å². The molecule has 3 heteroatoms. The molecule has 0 saturated carbocycles. The minimum Gasteiger partial charge on any atom is -0.358 e. The standard InChI is InChI=1S/C13H10N2.C3H8.C2H6.CH3.Y/c1-2-6-11(7-3-1)12-10-15-9-5-4-8-13(15)14-12;1-3-2;1-2;;/h1-10H;3H2,1-2H3;1-2H3;1H3;/q;;;-1;. The summed E-state index contributed by atoms with van der Waals surface area (Å²) in [5, 5.41) is 0. The molecule has 117 valence electrons. The first-order valence-electron chi connectivity index (χ1n) is 7.34. The summed E-state index contributed by atoms with van der Waals surface area (Å²) >= 11 is 0. The third-order valence-corrected chi connectivity index (χ3v) is 2.43. The first kappa shape index (κ1) is 23.3. The fourth-order valence-electron chi connectivity index (χ4n) is 1.68. The van der Waals surface area contributed by atoms with E-state index in [0.717, 1.165) is 16.9 Å². The fraction of sp³-hybridized carbons (Fsp3) is 0.263. The van der Waals surface area contributed by atoms with Crippen molar-refractivity contribution in [2.45, 2.75) is 34.1 Å². The number of imidazole rings is 1. The molecule has 0 N–H and O–H groups in total. The van der Waals surface area contributed by atoms with E-state index >= 15 is 0 Å². The van der Waals surface area contributed by atoms with Crippen LogP contribution in [0.5, 0.6) is 0 Å². The van der Waals surface area contributed by atoms with Crippen molar-refractivity contribution in [1.82, 2.24) is 9.38 Å². The first-order valence-corrected chi connectivity index (χ1v) is 7.34. The van der Waals surface area contributed by atoms with Gasteiger partial charge in [-0.3, -0.25) is 0 Å². The van der Waals surface area contributed by atoms with Crippen LogP contribution in [0.15, 0.2) is 60.9 Å². The van der Waals surface area contributed by atoms with Gasteiger partial charge in [0, 0.05) is 50.7 Å². The molecule has 0 atom stereocenters. The van der Waals surface area contributed by atoms with E-state index in [2.05, 4.69) is 31.0 Å². The maximum atomic E-state index is 4.55. The molecule has 2 heterocycles. The van der Waals surface area contributed by atoms with Gasteiger partial charge in [-0.1, -0.05) is 70.5 Å². The van der Waals surface area contributed by atoms with Crippen LogP contribution >= 0.6 is 0 Å². The summed E-state index contributed by atoms with van der Waals surface area (Å²) in [6.07, 6.45) is 5.30. The van der Waals surface area contributed by atoms with Gasteiger partial charge in [0.2, 0.25) is 0 Å². The molecule has 0 bridgehead atoms. The Morgan fingerprint density at radius 3 is 2.00 bits per heavy atom. The molecule has 0 saturated heterocycles. The molecule has 0 aliphatic rings. The Bertz CT molecular complexity index is 570. The Balaban J connectivity index is 0. The Morgan fingerprint density at radius 1 is 0.909 bits per heavy atom. The van der Waals surface area contributed by atoms with E-state index in [9.17, 15) is 0 Å². The summed E-state index contributed by atoms with van der Waals surface area (Å²) in [5.74, 6) is 0. The molecular weight excluding hydrogens is 345 g/mol. The predicted molar refractivity (Wildman–Crippen MR) is 94.4 cm³/mol. The summed E-state index contributed by atoms with van der Waals surface area (Å²) in [4.78, 5) is 4.55. The minimum atomic E-state index is 0. The largest absolute Gasteiger partial charge is 0.358 e. The van der Waals surface area contributed by atoms with Crippen molar-refractivity contribution in [3.05, 3.63) is 68.4 Å². The molecule has 22 heavy (non-hydrogen) atoms. The third-order valence-electron chi connectivity index (χ3n) is 2.43. The summed E-state index contributed by atoms with van der Waals surface area (Å²) in [7, 11) is 0. The van der Waals surface area contributed by atoms with E-state index < -0.39 is 0 Å². The van der Waals surface area contributed by atoms with Crippen molar-refractivity contribution >= 4 is 5.65 Å². The summed E-state index contributed by atoms with van der Waals surface area (Å²) in [6, 6.07) is 16.2. The quantitative estimate of drug-likeness (QED) is 0.487. The number of benzene rings is 1. The molecule has 0 amide bonds. The van der Waals surface area contributed by atoms with Gasteiger partial charge in [0.05, 0.1) is 5.69 Å². The Kier molecular flexibility index (Phi) is 14.5. The van der Waals surface area contributed by atoms with Crippen molar-refractivity contribution in [3.8, 4) is 11.3 Å². The predicted octanol–water partition coefficient (Wildman–Crippen LogP) is 5.89. The van der Waals surface area contributed by atoms with Gasteiger partial charge in [-0.15, -0.1) is 0 Å². The van der Waals surface area contributed by atoms with Gasteiger partial charge in [-0.05, 0) is 12.1 Å². The Hall–Kier alpha value is -0.986. The molecule has 0 spiro atoms. The zero-order valence-electron chi connectivity index (χ0n) is 14.5. The molecule has 3 rings (SSSR count). The summed E-state index contributed by atoms with van der Waals surface area (Å²) in [5.41, 5.74) is 3.15. The van der Waals surface area contributed by atoms with Gasteiger partial charge in [-0.2, -0.15) is 0 Å². The smallest absolute Gasteiger partial charge is 0.137 e. The molecule has 2 aromatic heterocycles. The number of nitrogens with zero attached hydrogens (tertiary/aromatic N) is 2. The van der Waals surface area contributed by atoms with E-state index in [1.807, 2.05) is 67.0 Å². The number of aromatic nitrogens is 2. The van der Waals surface area contributed by atoms with Crippen molar-refractivity contribution in [2.75, 3.05) is 0 Å². The summed E-state index contributed by atoms with van der Waals surface area (Å²) in [6.45, 7) is 8.25. The van der Waals surface area contributed by atoms with Crippen LogP contribution in [0.25, 0.3) is 16.9 Å². The van der Waals surface area contributed by atoms with Gasteiger partial charge in [0.25, 0.3) is 0 Å². The minimum absolute atomic E-state index is 0. The second kappa shape index (κ2) is 13.7. The van der Waals surface area contributed by atoms with Crippen LogP contribution in [0.4, 0.5) is 0 Å². The third kappa shape index (κ3) is 6.85. The Morgan fingerprint density at radius 2 is 1.45 bits per heavy atom. The molecule has 3 aromatic rings. The maximum Gasteiger partial charge on any atom is 0.137 e. The van der Waals surface area contributed by atoms with Crippen LogP contribution in [-0.4, -0.2) is 9.38 Å². The van der Waals surface area contributed by atoms with Gasteiger partial charge in [-0.25, -0.2) is 4.98 Å². The van der Waals surface area contributed by atoms with Crippen molar-refractivity contribution in [1.29, 1.82) is 0 Å². The van der Waals surface area contributed by atoms with E-state index in [1.54, 1.807) is 0 Å². The van der Waals surface area contributed by atoms with E-state index in [-0.39, 0.29) is 40.1 Å². The fourth-order valence-corrected chi connectivity index (χ4v) is 1.68.